The first-order valence-corrected chi connectivity index (χ1v) is 11.1. The molecule has 2 aromatic rings. The van der Waals surface area contributed by atoms with Crippen LogP contribution in [0.2, 0.25) is 0 Å². The van der Waals surface area contributed by atoms with E-state index in [4.69, 9.17) is 14.2 Å². The van der Waals surface area contributed by atoms with E-state index in [1.54, 1.807) is 35.1 Å². The van der Waals surface area contributed by atoms with Gasteiger partial charge in [0.1, 0.15) is 0 Å². The van der Waals surface area contributed by atoms with Gasteiger partial charge in [-0.1, -0.05) is 13.3 Å². The second-order valence-corrected chi connectivity index (χ2v) is 7.95. The monoisotopic (exact) mass is 411 g/mol. The summed E-state index contributed by atoms with van der Waals surface area (Å²) < 4.78 is 44.5. The third-order valence-electron chi connectivity index (χ3n) is 3.79. The van der Waals surface area contributed by atoms with Gasteiger partial charge in [0.05, 0.1) is 44.5 Å². The lowest BCUT2D eigenvalue weighted by Crippen LogP contribution is -2.21. The first-order chi connectivity index (χ1) is 13.6. The zero-order valence-corrected chi connectivity index (χ0v) is 17.1. The minimum absolute atomic E-state index is 0.108. The summed E-state index contributed by atoms with van der Waals surface area (Å²) in [7, 11) is -3.47. The molecule has 0 spiro atoms. The van der Waals surface area contributed by atoms with Crippen molar-refractivity contribution in [2.75, 3.05) is 50.1 Å². The maximum Gasteiger partial charge on any atom is 0.234 e. The molecule has 0 amide bonds. The lowest BCUT2D eigenvalue weighted by Gasteiger charge is -2.10. The topological polar surface area (TPSA) is 91.7 Å². The van der Waals surface area contributed by atoms with Gasteiger partial charge in [-0.25, -0.2) is 13.1 Å². The molecule has 0 bridgehead atoms. The molecular weight excluding hydrogens is 382 g/mol. The van der Waals surface area contributed by atoms with E-state index in [1.165, 1.54) is 0 Å². The number of nitrogens with one attached hydrogen (secondary N) is 1. The summed E-state index contributed by atoms with van der Waals surface area (Å²) in [4.78, 5) is 0. The van der Waals surface area contributed by atoms with Crippen molar-refractivity contribution in [1.29, 1.82) is 0 Å². The van der Waals surface area contributed by atoms with Crippen molar-refractivity contribution in [3.05, 3.63) is 42.7 Å². The van der Waals surface area contributed by atoms with Crippen molar-refractivity contribution in [1.82, 2.24) is 9.78 Å². The van der Waals surface area contributed by atoms with Crippen LogP contribution in [0.15, 0.2) is 42.7 Å². The van der Waals surface area contributed by atoms with E-state index in [9.17, 15) is 8.42 Å². The molecule has 28 heavy (non-hydrogen) atoms. The maximum absolute atomic E-state index is 12.1. The number of hydrogen-bond acceptors (Lipinski definition) is 6. The molecule has 0 radical (unpaired) electrons. The Morgan fingerprint density at radius 2 is 1.61 bits per heavy atom. The Hall–Kier alpha value is -1.94. The average molecular weight is 412 g/mol. The average Bonchev–Trinajstić information content (AvgIpc) is 3.21. The van der Waals surface area contributed by atoms with Crippen molar-refractivity contribution in [2.24, 2.45) is 0 Å². The van der Waals surface area contributed by atoms with Gasteiger partial charge >= 0.3 is 0 Å². The van der Waals surface area contributed by atoms with Crippen LogP contribution in [-0.4, -0.2) is 63.6 Å². The molecule has 0 atom stereocenters. The minimum atomic E-state index is -3.47. The molecule has 8 nitrogen and oxygen atoms in total. The normalized spacial score (nSPS) is 11.6. The summed E-state index contributed by atoms with van der Waals surface area (Å²) in [6, 6.07) is 8.82. The van der Waals surface area contributed by atoms with E-state index in [2.05, 4.69) is 16.7 Å². The highest BCUT2D eigenvalue weighted by atomic mass is 32.2. The summed E-state index contributed by atoms with van der Waals surface area (Å²) in [6.07, 6.45) is 5.67. The van der Waals surface area contributed by atoms with Crippen LogP contribution >= 0.6 is 0 Å². The predicted molar refractivity (Wildman–Crippen MR) is 108 cm³/mol. The van der Waals surface area contributed by atoms with E-state index in [-0.39, 0.29) is 12.4 Å². The van der Waals surface area contributed by atoms with Crippen LogP contribution in [0, 0.1) is 0 Å². The van der Waals surface area contributed by atoms with Crippen molar-refractivity contribution in [3.63, 3.8) is 0 Å². The van der Waals surface area contributed by atoms with Gasteiger partial charge in [0.15, 0.2) is 0 Å². The highest BCUT2D eigenvalue weighted by Crippen LogP contribution is 2.14. The fourth-order valence-electron chi connectivity index (χ4n) is 2.29. The molecule has 156 valence electrons. The minimum Gasteiger partial charge on any atom is -0.379 e. The number of hydrogen-bond donors (Lipinski definition) is 1. The molecule has 0 aliphatic carbocycles. The van der Waals surface area contributed by atoms with Gasteiger partial charge in [0.2, 0.25) is 10.0 Å². The van der Waals surface area contributed by atoms with Gasteiger partial charge in [-0.3, -0.25) is 4.72 Å². The molecule has 0 saturated carbocycles. The third-order valence-corrected chi connectivity index (χ3v) is 5.04. The van der Waals surface area contributed by atoms with Gasteiger partial charge in [-0.15, -0.1) is 0 Å². The van der Waals surface area contributed by atoms with Crippen LogP contribution in [0.3, 0.4) is 0 Å². The zero-order valence-electron chi connectivity index (χ0n) is 16.2. The summed E-state index contributed by atoms with van der Waals surface area (Å²) >= 11 is 0. The number of nitrogens with zero attached hydrogens (tertiary/aromatic N) is 2. The molecule has 0 aliphatic rings. The first kappa shape index (κ1) is 22.4. The standard InChI is InChI=1S/C19H29N3O5S/c1-2-3-11-25-12-13-26-14-15-27-16-17-28(23,24)21-18-5-7-19(8-6-18)22-10-4-9-20-22/h4-10,21H,2-3,11-17H2,1H3. The van der Waals surface area contributed by atoms with Crippen LogP contribution in [0.4, 0.5) is 5.69 Å². The first-order valence-electron chi connectivity index (χ1n) is 9.44. The lowest BCUT2D eigenvalue weighted by molar-refractivity contribution is 0.0168. The van der Waals surface area contributed by atoms with Gasteiger partial charge in [0.25, 0.3) is 0 Å². The smallest absolute Gasteiger partial charge is 0.234 e. The summed E-state index contributed by atoms with van der Waals surface area (Å²) in [5.41, 5.74) is 1.36. The van der Waals surface area contributed by atoms with Crippen molar-refractivity contribution in [3.8, 4) is 5.69 Å². The molecule has 2 rings (SSSR count). The Morgan fingerprint density at radius 3 is 2.21 bits per heavy atom. The number of rotatable bonds is 15. The van der Waals surface area contributed by atoms with E-state index < -0.39 is 10.0 Å². The Kier molecular flexibility index (Phi) is 9.98. The molecule has 9 heteroatoms. The highest BCUT2D eigenvalue weighted by Gasteiger charge is 2.10. The molecule has 0 saturated heterocycles. The van der Waals surface area contributed by atoms with E-state index in [0.717, 1.165) is 25.1 Å². The van der Waals surface area contributed by atoms with E-state index in [0.29, 0.717) is 32.1 Å². The van der Waals surface area contributed by atoms with Crippen LogP contribution in [0.1, 0.15) is 19.8 Å². The fraction of sp³-hybridized carbons (Fsp3) is 0.526. The van der Waals surface area contributed by atoms with Crippen LogP contribution in [0.25, 0.3) is 5.69 Å². The van der Waals surface area contributed by atoms with Crippen LogP contribution in [0.5, 0.6) is 0 Å². The summed E-state index contributed by atoms with van der Waals surface area (Å²) in [6.45, 7) is 4.83. The number of anilines is 1. The van der Waals surface area contributed by atoms with Crippen molar-refractivity contribution < 1.29 is 22.6 Å². The number of sulfonamides is 1. The SMILES string of the molecule is CCCCOCCOCCOCCS(=O)(=O)Nc1ccc(-n2cccn2)cc1. The molecule has 1 N–H and O–H groups in total. The number of unbranched alkanes of at least 4 members (excludes halogenated alkanes) is 1. The van der Waals surface area contributed by atoms with Gasteiger partial charge in [-0.2, -0.15) is 5.10 Å². The van der Waals surface area contributed by atoms with Crippen molar-refractivity contribution >= 4 is 15.7 Å². The number of ether oxygens (including phenoxy) is 3. The highest BCUT2D eigenvalue weighted by molar-refractivity contribution is 7.92. The number of benzene rings is 1. The Bertz CT molecular complexity index is 748. The molecule has 1 heterocycles. The van der Waals surface area contributed by atoms with Gasteiger partial charge in [0, 0.05) is 24.7 Å². The Labute approximate surface area is 166 Å². The zero-order chi connectivity index (χ0) is 20.1. The van der Waals surface area contributed by atoms with E-state index >= 15 is 0 Å². The quantitative estimate of drug-likeness (QED) is 0.453. The molecule has 0 fully saturated rings. The Balaban J connectivity index is 1.57. The van der Waals surface area contributed by atoms with Gasteiger partial charge in [-0.05, 0) is 36.8 Å². The van der Waals surface area contributed by atoms with Crippen molar-refractivity contribution in [2.45, 2.75) is 19.8 Å². The maximum atomic E-state index is 12.1. The lowest BCUT2D eigenvalue weighted by atomic mass is 10.3. The Morgan fingerprint density at radius 1 is 0.964 bits per heavy atom. The predicted octanol–water partition coefficient (Wildman–Crippen LogP) is 2.46. The van der Waals surface area contributed by atoms with Gasteiger partial charge < -0.3 is 14.2 Å². The largest absolute Gasteiger partial charge is 0.379 e. The molecule has 0 unspecified atom stereocenters. The molecule has 1 aromatic carbocycles. The van der Waals surface area contributed by atoms with E-state index in [1.807, 2.05) is 12.3 Å². The van der Waals surface area contributed by atoms with Crippen LogP contribution in [-0.2, 0) is 24.2 Å². The second-order valence-electron chi connectivity index (χ2n) is 6.11. The fourth-order valence-corrected chi connectivity index (χ4v) is 3.23. The number of aromatic nitrogens is 2. The van der Waals surface area contributed by atoms with Crippen LogP contribution < -0.4 is 4.72 Å². The molecule has 0 aliphatic heterocycles. The third kappa shape index (κ3) is 8.83. The molecule has 1 aromatic heterocycles. The summed E-state index contributed by atoms with van der Waals surface area (Å²) in [5, 5.41) is 4.13. The second kappa shape index (κ2) is 12.5. The summed E-state index contributed by atoms with van der Waals surface area (Å²) in [5.74, 6) is -0.117. The molecular formula is C19H29N3O5S.